The first-order valence-corrected chi connectivity index (χ1v) is 12.6. The summed E-state index contributed by atoms with van der Waals surface area (Å²) in [7, 11) is 0. The number of anilines is 2. The fourth-order valence-electron chi connectivity index (χ4n) is 4.20. The van der Waals surface area contributed by atoms with Gasteiger partial charge in [-0.25, -0.2) is 9.97 Å². The van der Waals surface area contributed by atoms with Gasteiger partial charge in [0.25, 0.3) is 0 Å². The van der Waals surface area contributed by atoms with Crippen LogP contribution in [0.1, 0.15) is 38.2 Å². The van der Waals surface area contributed by atoms with E-state index in [0.717, 1.165) is 11.1 Å². The molecule has 2 aromatic rings. The molecule has 8 nitrogen and oxygen atoms in total. The molecule has 0 spiro atoms. The van der Waals surface area contributed by atoms with Crippen molar-refractivity contribution in [2.75, 3.05) is 36.8 Å². The van der Waals surface area contributed by atoms with Gasteiger partial charge in [-0.05, 0) is 56.9 Å². The Labute approximate surface area is 219 Å². The Bertz CT molecular complexity index is 1070. The zero-order valence-electron chi connectivity index (χ0n) is 20.8. The minimum atomic E-state index is -4.19. The van der Waals surface area contributed by atoms with Crippen LogP contribution in [0.2, 0.25) is 5.02 Å². The molecule has 0 radical (unpaired) electrons. The van der Waals surface area contributed by atoms with E-state index in [2.05, 4.69) is 31.2 Å². The third kappa shape index (κ3) is 8.48. The number of halogens is 4. The van der Waals surface area contributed by atoms with E-state index in [-0.39, 0.29) is 37.5 Å². The van der Waals surface area contributed by atoms with Gasteiger partial charge >= 0.3 is 6.18 Å². The number of rotatable bonds is 10. The van der Waals surface area contributed by atoms with E-state index in [4.69, 9.17) is 11.6 Å². The molecule has 202 valence electrons. The molecule has 37 heavy (non-hydrogen) atoms. The van der Waals surface area contributed by atoms with Crippen molar-refractivity contribution in [3.8, 4) is 11.4 Å². The van der Waals surface area contributed by atoms with Gasteiger partial charge < -0.3 is 21.3 Å². The molecule has 1 aromatic heterocycles. The van der Waals surface area contributed by atoms with E-state index in [1.54, 1.807) is 12.1 Å². The first-order chi connectivity index (χ1) is 17.5. The average Bonchev–Trinajstić information content (AvgIpc) is 2.85. The summed E-state index contributed by atoms with van der Waals surface area (Å²) in [5, 5.41) is 12.6. The first-order valence-electron chi connectivity index (χ1n) is 12.3. The van der Waals surface area contributed by atoms with Gasteiger partial charge in [-0.1, -0.05) is 11.6 Å². The summed E-state index contributed by atoms with van der Waals surface area (Å²) in [6.07, 6.45) is -3.72. The fourth-order valence-corrected chi connectivity index (χ4v) is 4.33. The second kappa shape index (κ2) is 12.9. The van der Waals surface area contributed by atoms with Crippen LogP contribution >= 0.6 is 11.6 Å². The molecule has 1 aliphatic carbocycles. The molecular formula is C25H32ClF3N6O2. The molecule has 1 saturated carbocycles. The molecule has 3 rings (SSSR count). The minimum Gasteiger partial charge on any atom is -0.368 e. The largest absolute Gasteiger partial charge is 0.391 e. The minimum absolute atomic E-state index is 0.00877. The number of nitrogens with zero attached hydrogens (tertiary/aromatic N) is 2. The highest BCUT2D eigenvalue weighted by Crippen LogP contribution is 2.39. The number of nitrogens with one attached hydrogen (secondary N) is 4. The quantitative estimate of drug-likeness (QED) is 0.329. The number of carbonyl (C=O) groups excluding carboxylic acids is 2. The van der Waals surface area contributed by atoms with E-state index in [1.165, 1.54) is 6.92 Å². The second-order valence-corrected chi connectivity index (χ2v) is 9.53. The van der Waals surface area contributed by atoms with Crippen LogP contribution in [0.5, 0.6) is 0 Å². The molecule has 0 atom stereocenters. The summed E-state index contributed by atoms with van der Waals surface area (Å²) in [5.41, 5.74) is 1.53. The molecule has 1 aromatic carbocycles. The summed E-state index contributed by atoms with van der Waals surface area (Å²) in [4.78, 5) is 32.8. The molecular weight excluding hydrogens is 509 g/mol. The highest BCUT2D eigenvalue weighted by atomic mass is 35.5. The van der Waals surface area contributed by atoms with Crippen molar-refractivity contribution in [3.05, 3.63) is 34.9 Å². The summed E-state index contributed by atoms with van der Waals surface area (Å²) >= 11 is 6.01. The molecule has 0 unspecified atom stereocenters. The Kier molecular flexibility index (Phi) is 9.96. The maximum absolute atomic E-state index is 12.9. The standard InChI is InChI=1S/C25H32ClF3N6O2/c1-15-21(31-12-11-30-16(2)36)34-23(17-5-9-20(26)10-6-17)35-22(15)32-13-14-33-24(37)18-3-7-19(8-4-18)25(27,28)29/h5-6,9-10,18-19H,3-4,7-8,11-14H2,1-2H3,(H,30,36)(H,33,37)(H2,31,32,34,35). The molecule has 0 saturated heterocycles. The Morgan fingerprint density at radius 1 is 0.919 bits per heavy atom. The van der Waals surface area contributed by atoms with E-state index < -0.39 is 18.0 Å². The second-order valence-electron chi connectivity index (χ2n) is 9.09. The molecule has 0 aliphatic heterocycles. The van der Waals surface area contributed by atoms with Crippen LogP contribution in [0.4, 0.5) is 24.8 Å². The monoisotopic (exact) mass is 540 g/mol. The van der Waals surface area contributed by atoms with Crippen LogP contribution in [-0.4, -0.2) is 54.1 Å². The summed E-state index contributed by atoms with van der Waals surface area (Å²) in [5.74, 6) is -0.410. The van der Waals surface area contributed by atoms with Gasteiger partial charge in [0.1, 0.15) is 11.6 Å². The van der Waals surface area contributed by atoms with Crippen molar-refractivity contribution in [2.24, 2.45) is 11.8 Å². The highest BCUT2D eigenvalue weighted by Gasteiger charge is 2.42. The van der Waals surface area contributed by atoms with Crippen molar-refractivity contribution in [3.63, 3.8) is 0 Å². The Balaban J connectivity index is 1.60. The van der Waals surface area contributed by atoms with Crippen LogP contribution in [0.3, 0.4) is 0 Å². The van der Waals surface area contributed by atoms with Gasteiger partial charge in [0.05, 0.1) is 5.92 Å². The van der Waals surface area contributed by atoms with Crippen molar-refractivity contribution in [1.29, 1.82) is 0 Å². The lowest BCUT2D eigenvalue weighted by Crippen LogP contribution is -2.37. The SMILES string of the molecule is CC(=O)NCCNc1nc(-c2ccc(Cl)cc2)nc(NCCNC(=O)C2CCC(C(F)(F)F)CC2)c1C. The average molecular weight is 541 g/mol. The van der Waals surface area contributed by atoms with Gasteiger partial charge in [-0.3, -0.25) is 9.59 Å². The van der Waals surface area contributed by atoms with Crippen molar-refractivity contribution in [1.82, 2.24) is 20.6 Å². The van der Waals surface area contributed by atoms with Gasteiger partial charge in [0.2, 0.25) is 11.8 Å². The smallest absolute Gasteiger partial charge is 0.368 e. The predicted octanol–water partition coefficient (Wildman–Crippen LogP) is 4.55. The molecule has 1 aliphatic rings. The summed E-state index contributed by atoms with van der Waals surface area (Å²) in [6.45, 7) is 4.85. The van der Waals surface area contributed by atoms with Crippen molar-refractivity contribution in [2.45, 2.75) is 45.7 Å². The Hall–Kier alpha value is -3.08. The molecule has 12 heteroatoms. The predicted molar refractivity (Wildman–Crippen MR) is 137 cm³/mol. The number of aromatic nitrogens is 2. The van der Waals surface area contributed by atoms with E-state index in [9.17, 15) is 22.8 Å². The first kappa shape index (κ1) is 28.5. The van der Waals surface area contributed by atoms with Gasteiger partial charge in [-0.2, -0.15) is 13.2 Å². The van der Waals surface area contributed by atoms with E-state index >= 15 is 0 Å². The number of alkyl halides is 3. The topological polar surface area (TPSA) is 108 Å². The van der Waals surface area contributed by atoms with E-state index in [0.29, 0.717) is 48.7 Å². The van der Waals surface area contributed by atoms with Crippen LogP contribution < -0.4 is 21.3 Å². The van der Waals surface area contributed by atoms with Gasteiger partial charge in [-0.15, -0.1) is 0 Å². The van der Waals surface area contributed by atoms with Crippen LogP contribution in [0.15, 0.2) is 24.3 Å². The normalized spacial score (nSPS) is 17.7. The lowest BCUT2D eigenvalue weighted by molar-refractivity contribution is -0.184. The van der Waals surface area contributed by atoms with Crippen molar-refractivity contribution < 1.29 is 22.8 Å². The van der Waals surface area contributed by atoms with Crippen LogP contribution in [0, 0.1) is 18.8 Å². The fraction of sp³-hybridized carbons (Fsp3) is 0.520. The van der Waals surface area contributed by atoms with Gasteiger partial charge in [0, 0.05) is 55.2 Å². The zero-order valence-corrected chi connectivity index (χ0v) is 21.6. The Morgan fingerprint density at radius 3 is 1.97 bits per heavy atom. The molecule has 4 N–H and O–H groups in total. The summed E-state index contributed by atoms with van der Waals surface area (Å²) in [6, 6.07) is 7.11. The maximum atomic E-state index is 12.9. The molecule has 2 amide bonds. The third-order valence-electron chi connectivity index (χ3n) is 6.32. The Morgan fingerprint density at radius 2 is 1.46 bits per heavy atom. The highest BCUT2D eigenvalue weighted by molar-refractivity contribution is 6.30. The number of amides is 2. The number of carbonyl (C=O) groups is 2. The molecule has 1 heterocycles. The number of benzene rings is 1. The third-order valence-corrected chi connectivity index (χ3v) is 6.57. The lowest BCUT2D eigenvalue weighted by atomic mass is 9.81. The van der Waals surface area contributed by atoms with Gasteiger partial charge in [0.15, 0.2) is 5.82 Å². The lowest BCUT2D eigenvalue weighted by Gasteiger charge is -2.29. The maximum Gasteiger partial charge on any atom is 0.391 e. The van der Waals surface area contributed by atoms with E-state index in [1.807, 2.05) is 19.1 Å². The molecule has 0 bridgehead atoms. The summed E-state index contributed by atoms with van der Waals surface area (Å²) < 4.78 is 38.6. The van der Waals surface area contributed by atoms with Crippen LogP contribution in [0.25, 0.3) is 11.4 Å². The molecule has 1 fully saturated rings. The van der Waals surface area contributed by atoms with Crippen LogP contribution in [-0.2, 0) is 9.59 Å². The van der Waals surface area contributed by atoms with Crippen molar-refractivity contribution >= 4 is 35.1 Å². The number of hydrogen-bond acceptors (Lipinski definition) is 6. The zero-order chi connectivity index (χ0) is 27.0. The number of hydrogen-bond donors (Lipinski definition) is 4.